The van der Waals surface area contributed by atoms with E-state index in [1.807, 2.05) is 10.8 Å². The van der Waals surface area contributed by atoms with Gasteiger partial charge in [0.1, 0.15) is 0 Å². The van der Waals surface area contributed by atoms with Crippen LogP contribution in [0.4, 0.5) is 10.3 Å². The van der Waals surface area contributed by atoms with Crippen molar-refractivity contribution in [2.45, 2.75) is 0 Å². The molecule has 0 bridgehead atoms. The molecule has 2 amide bonds. The fraction of sp³-hybridized carbons (Fsp3) is 0.429. The molecule has 128 valence electrons. The van der Waals surface area contributed by atoms with Gasteiger partial charge in [-0.1, -0.05) is 0 Å². The number of hydrogen-bond donors (Lipinski definition) is 2. The van der Waals surface area contributed by atoms with E-state index in [0.717, 1.165) is 26.2 Å². The van der Waals surface area contributed by atoms with Gasteiger partial charge in [-0.3, -0.25) is 19.4 Å². The predicted molar refractivity (Wildman–Crippen MR) is 94.4 cm³/mol. The van der Waals surface area contributed by atoms with Crippen LogP contribution < -0.4 is 10.6 Å². The molecule has 0 aromatic carbocycles. The van der Waals surface area contributed by atoms with Crippen LogP contribution in [0, 0.1) is 0 Å². The van der Waals surface area contributed by atoms with E-state index in [1.54, 1.807) is 12.4 Å². The molecule has 0 spiro atoms. The number of amides is 2. The minimum absolute atomic E-state index is 0.0556. The number of nitrogens with one attached hydrogen (secondary N) is 2. The maximum Gasteiger partial charge on any atom is 0.240 e. The highest BCUT2D eigenvalue weighted by molar-refractivity contribution is 7.14. The van der Waals surface area contributed by atoms with Gasteiger partial charge in [0, 0.05) is 49.3 Å². The molecular formula is C14H18N6O2S2. The Morgan fingerprint density at radius 2 is 1.29 bits per heavy atom. The summed E-state index contributed by atoms with van der Waals surface area (Å²) in [5.41, 5.74) is 0. The van der Waals surface area contributed by atoms with Gasteiger partial charge in [-0.15, -0.1) is 22.7 Å². The highest BCUT2D eigenvalue weighted by atomic mass is 32.1. The van der Waals surface area contributed by atoms with E-state index < -0.39 is 0 Å². The van der Waals surface area contributed by atoms with E-state index >= 15 is 0 Å². The molecule has 1 fully saturated rings. The van der Waals surface area contributed by atoms with E-state index in [0.29, 0.717) is 23.4 Å². The van der Waals surface area contributed by atoms with Crippen molar-refractivity contribution in [2.24, 2.45) is 0 Å². The largest absolute Gasteiger partial charge is 0.301 e. The van der Waals surface area contributed by atoms with E-state index in [-0.39, 0.29) is 11.8 Å². The quantitative estimate of drug-likeness (QED) is 0.786. The molecule has 24 heavy (non-hydrogen) atoms. The van der Waals surface area contributed by atoms with Crippen LogP contribution in [0.1, 0.15) is 0 Å². The van der Waals surface area contributed by atoms with Gasteiger partial charge in [0.05, 0.1) is 13.1 Å². The van der Waals surface area contributed by atoms with Crippen molar-refractivity contribution >= 4 is 44.8 Å². The minimum Gasteiger partial charge on any atom is -0.301 e. The van der Waals surface area contributed by atoms with Crippen LogP contribution in [0.3, 0.4) is 0 Å². The SMILES string of the molecule is O=C(CN1CCN(CC(=O)Nc2nccs2)CC1)Nc1nccs1. The van der Waals surface area contributed by atoms with Gasteiger partial charge < -0.3 is 10.6 Å². The summed E-state index contributed by atoms with van der Waals surface area (Å²) in [6.45, 7) is 3.73. The Hall–Kier alpha value is -1.88. The summed E-state index contributed by atoms with van der Waals surface area (Å²) in [7, 11) is 0. The molecule has 0 atom stereocenters. The first-order chi connectivity index (χ1) is 11.7. The van der Waals surface area contributed by atoms with Crippen LogP contribution in [0.15, 0.2) is 23.2 Å². The van der Waals surface area contributed by atoms with Gasteiger partial charge in [-0.2, -0.15) is 0 Å². The standard InChI is InChI=1S/C14H18N6O2S2/c21-11(17-13-15-1-7-23-13)9-19-3-5-20(6-4-19)10-12(22)18-14-16-2-8-24-14/h1-2,7-8H,3-6,9-10H2,(H,15,17,21)(H,16,18,22). The summed E-state index contributed by atoms with van der Waals surface area (Å²) in [4.78, 5) is 36.1. The Morgan fingerprint density at radius 1 is 0.875 bits per heavy atom. The van der Waals surface area contributed by atoms with Gasteiger partial charge in [0.15, 0.2) is 10.3 Å². The normalized spacial score (nSPS) is 16.0. The molecule has 1 aliphatic rings. The highest BCUT2D eigenvalue weighted by Crippen LogP contribution is 2.11. The molecule has 1 aliphatic heterocycles. The lowest BCUT2D eigenvalue weighted by atomic mass is 10.3. The third kappa shape index (κ3) is 5.06. The molecule has 2 N–H and O–H groups in total. The number of carbonyl (C=O) groups excluding carboxylic acids is 2. The molecule has 0 unspecified atom stereocenters. The lowest BCUT2D eigenvalue weighted by Gasteiger charge is -2.33. The smallest absolute Gasteiger partial charge is 0.240 e. The number of rotatable bonds is 6. The molecule has 3 rings (SSSR count). The zero-order valence-corrected chi connectivity index (χ0v) is 14.6. The fourth-order valence-corrected chi connectivity index (χ4v) is 3.49. The van der Waals surface area contributed by atoms with Crippen LogP contribution in [0.5, 0.6) is 0 Å². The summed E-state index contributed by atoms with van der Waals surface area (Å²) < 4.78 is 0. The molecule has 3 heterocycles. The molecule has 1 saturated heterocycles. The first kappa shape index (κ1) is 17.0. The average Bonchev–Trinajstić information content (AvgIpc) is 3.23. The zero-order chi connectivity index (χ0) is 16.8. The summed E-state index contributed by atoms with van der Waals surface area (Å²) >= 11 is 2.81. The molecule has 8 nitrogen and oxygen atoms in total. The zero-order valence-electron chi connectivity index (χ0n) is 13.0. The van der Waals surface area contributed by atoms with E-state index in [2.05, 4.69) is 30.4 Å². The second kappa shape index (κ2) is 8.29. The number of hydrogen-bond acceptors (Lipinski definition) is 8. The second-order valence-corrected chi connectivity index (χ2v) is 7.11. The number of carbonyl (C=O) groups is 2. The first-order valence-corrected chi connectivity index (χ1v) is 9.28. The highest BCUT2D eigenvalue weighted by Gasteiger charge is 2.21. The third-order valence-corrected chi connectivity index (χ3v) is 4.93. The Labute approximate surface area is 147 Å². The monoisotopic (exact) mass is 366 g/mol. The van der Waals surface area contributed by atoms with E-state index in [9.17, 15) is 9.59 Å². The van der Waals surface area contributed by atoms with Gasteiger partial charge in [-0.05, 0) is 0 Å². The first-order valence-electron chi connectivity index (χ1n) is 7.52. The van der Waals surface area contributed by atoms with Crippen LogP contribution >= 0.6 is 22.7 Å². The minimum atomic E-state index is -0.0556. The Morgan fingerprint density at radius 3 is 1.62 bits per heavy atom. The predicted octanol–water partition coefficient (Wildman–Crippen LogP) is 0.794. The van der Waals surface area contributed by atoms with Crippen LogP contribution in [0.2, 0.25) is 0 Å². The van der Waals surface area contributed by atoms with Gasteiger partial charge in [0.2, 0.25) is 11.8 Å². The van der Waals surface area contributed by atoms with Crippen molar-refractivity contribution in [3.63, 3.8) is 0 Å². The number of thiazole rings is 2. The topological polar surface area (TPSA) is 90.5 Å². The molecular weight excluding hydrogens is 348 g/mol. The number of aromatic nitrogens is 2. The molecule has 2 aromatic rings. The summed E-state index contributed by atoms with van der Waals surface area (Å²) in [6.07, 6.45) is 3.33. The van der Waals surface area contributed by atoms with Crippen molar-refractivity contribution in [2.75, 3.05) is 49.9 Å². The third-order valence-electron chi connectivity index (χ3n) is 3.56. The van der Waals surface area contributed by atoms with Crippen molar-refractivity contribution in [3.05, 3.63) is 23.2 Å². The van der Waals surface area contributed by atoms with Crippen molar-refractivity contribution in [3.8, 4) is 0 Å². The van der Waals surface area contributed by atoms with Crippen molar-refractivity contribution < 1.29 is 9.59 Å². The Kier molecular flexibility index (Phi) is 5.86. The maximum atomic E-state index is 11.9. The summed E-state index contributed by atoms with van der Waals surface area (Å²) in [5.74, 6) is -0.111. The molecule has 0 aliphatic carbocycles. The number of anilines is 2. The summed E-state index contributed by atoms with van der Waals surface area (Å²) in [6, 6.07) is 0. The van der Waals surface area contributed by atoms with Gasteiger partial charge in [0.25, 0.3) is 0 Å². The second-order valence-electron chi connectivity index (χ2n) is 5.32. The molecule has 0 radical (unpaired) electrons. The number of piperazine rings is 1. The van der Waals surface area contributed by atoms with Crippen LogP contribution in [0.25, 0.3) is 0 Å². The van der Waals surface area contributed by atoms with Crippen molar-refractivity contribution in [1.29, 1.82) is 0 Å². The molecule has 0 saturated carbocycles. The van der Waals surface area contributed by atoms with Crippen LogP contribution in [-0.4, -0.2) is 70.9 Å². The Bertz CT molecular complexity index is 595. The maximum absolute atomic E-state index is 11.9. The number of nitrogens with zero attached hydrogens (tertiary/aromatic N) is 4. The fourth-order valence-electron chi connectivity index (χ4n) is 2.40. The van der Waals surface area contributed by atoms with Crippen LogP contribution in [-0.2, 0) is 9.59 Å². The van der Waals surface area contributed by atoms with Gasteiger partial charge >= 0.3 is 0 Å². The van der Waals surface area contributed by atoms with Crippen molar-refractivity contribution in [1.82, 2.24) is 19.8 Å². The average molecular weight is 366 g/mol. The van der Waals surface area contributed by atoms with E-state index in [1.165, 1.54) is 22.7 Å². The van der Waals surface area contributed by atoms with E-state index in [4.69, 9.17) is 0 Å². The lowest BCUT2D eigenvalue weighted by molar-refractivity contribution is -0.120. The molecule has 2 aromatic heterocycles. The molecule has 10 heteroatoms. The summed E-state index contributed by atoms with van der Waals surface area (Å²) in [5, 5.41) is 10.5. The lowest BCUT2D eigenvalue weighted by Crippen LogP contribution is -2.50. The van der Waals surface area contributed by atoms with Gasteiger partial charge in [-0.25, -0.2) is 9.97 Å². The Balaban J connectivity index is 1.36.